The second-order valence-electron chi connectivity index (χ2n) is 9.22. The Balaban J connectivity index is 1.11. The molecule has 33 heavy (non-hydrogen) atoms. The van der Waals surface area contributed by atoms with Crippen molar-refractivity contribution >= 4 is 18.0 Å². The molecule has 0 heterocycles. The van der Waals surface area contributed by atoms with Crippen molar-refractivity contribution in [2.75, 3.05) is 19.7 Å². The Morgan fingerprint density at radius 1 is 1.00 bits per heavy atom. The fourth-order valence-electron chi connectivity index (χ4n) is 4.93. The van der Waals surface area contributed by atoms with Gasteiger partial charge in [0.1, 0.15) is 6.61 Å². The van der Waals surface area contributed by atoms with Gasteiger partial charge in [0.25, 0.3) is 0 Å². The van der Waals surface area contributed by atoms with E-state index in [2.05, 4.69) is 29.6 Å². The van der Waals surface area contributed by atoms with Crippen LogP contribution in [0.25, 0.3) is 11.1 Å². The molecule has 0 saturated heterocycles. The maximum absolute atomic E-state index is 12.8. The van der Waals surface area contributed by atoms with Gasteiger partial charge in [-0.15, -0.1) is 0 Å². The highest BCUT2D eigenvalue weighted by Crippen LogP contribution is 2.45. The molecule has 3 aliphatic carbocycles. The molecule has 172 valence electrons. The molecule has 0 spiro atoms. The van der Waals surface area contributed by atoms with Crippen LogP contribution in [0, 0.1) is 11.8 Å². The third-order valence-corrected chi connectivity index (χ3v) is 6.93. The number of amides is 2. The van der Waals surface area contributed by atoms with Crippen LogP contribution in [0.3, 0.4) is 0 Å². The first kappa shape index (κ1) is 21.5. The van der Waals surface area contributed by atoms with E-state index in [0.717, 1.165) is 19.3 Å². The molecule has 0 aromatic heterocycles. The topological polar surface area (TPSA) is 95.9 Å². The highest BCUT2D eigenvalue weighted by molar-refractivity contribution is 5.83. The van der Waals surface area contributed by atoms with E-state index in [1.807, 2.05) is 24.3 Å². The van der Waals surface area contributed by atoms with E-state index in [9.17, 15) is 14.4 Å². The van der Waals surface area contributed by atoms with Gasteiger partial charge in [-0.3, -0.25) is 9.59 Å². The van der Waals surface area contributed by atoms with Crippen LogP contribution < -0.4 is 5.32 Å². The fourth-order valence-corrected chi connectivity index (χ4v) is 4.93. The van der Waals surface area contributed by atoms with E-state index in [1.54, 1.807) is 4.90 Å². The Labute approximate surface area is 192 Å². The van der Waals surface area contributed by atoms with Gasteiger partial charge in [-0.2, -0.15) is 0 Å². The third-order valence-electron chi connectivity index (χ3n) is 6.93. The maximum Gasteiger partial charge on any atom is 0.407 e. The molecule has 2 unspecified atom stereocenters. The summed E-state index contributed by atoms with van der Waals surface area (Å²) in [6.45, 7) is 0.921. The van der Waals surface area contributed by atoms with Gasteiger partial charge in [-0.25, -0.2) is 4.79 Å². The van der Waals surface area contributed by atoms with Crippen LogP contribution >= 0.6 is 0 Å². The summed E-state index contributed by atoms with van der Waals surface area (Å²) in [5.74, 6) is -0.895. The number of hydrogen-bond acceptors (Lipinski definition) is 4. The van der Waals surface area contributed by atoms with Gasteiger partial charge in [0.2, 0.25) is 5.91 Å². The van der Waals surface area contributed by atoms with E-state index in [0.29, 0.717) is 6.54 Å². The van der Waals surface area contributed by atoms with E-state index in [4.69, 9.17) is 9.84 Å². The first-order valence-electron chi connectivity index (χ1n) is 11.6. The summed E-state index contributed by atoms with van der Waals surface area (Å²) in [5, 5.41) is 11.7. The Morgan fingerprint density at radius 3 is 2.24 bits per heavy atom. The number of alkyl carbamates (subject to hydrolysis) is 1. The van der Waals surface area contributed by atoms with Crippen molar-refractivity contribution in [2.24, 2.45) is 11.8 Å². The zero-order valence-electron chi connectivity index (χ0n) is 18.4. The average molecular weight is 449 g/mol. The number of carboxylic acid groups (broad SMARTS) is 1. The van der Waals surface area contributed by atoms with Crippen molar-refractivity contribution in [1.29, 1.82) is 0 Å². The van der Waals surface area contributed by atoms with Crippen LogP contribution in [-0.4, -0.2) is 53.7 Å². The van der Waals surface area contributed by atoms with E-state index >= 15 is 0 Å². The molecule has 0 radical (unpaired) electrons. The lowest BCUT2D eigenvalue weighted by atomic mass is 9.98. The number of hydrogen-bond donors (Lipinski definition) is 2. The lowest BCUT2D eigenvalue weighted by Gasteiger charge is -2.22. The minimum absolute atomic E-state index is 0.0136. The number of carboxylic acids is 1. The number of rotatable bonds is 9. The molecule has 7 nitrogen and oxygen atoms in total. The molecule has 7 heteroatoms. The van der Waals surface area contributed by atoms with Crippen LogP contribution in [0.1, 0.15) is 42.7 Å². The number of carbonyl (C=O) groups excluding carboxylic acids is 2. The van der Waals surface area contributed by atoms with Gasteiger partial charge >= 0.3 is 12.1 Å². The first-order chi connectivity index (χ1) is 16.0. The van der Waals surface area contributed by atoms with Crippen LogP contribution in [0.4, 0.5) is 4.79 Å². The number of nitrogens with zero attached hydrogens (tertiary/aromatic N) is 1. The van der Waals surface area contributed by atoms with E-state index in [1.165, 1.54) is 22.3 Å². The van der Waals surface area contributed by atoms with E-state index in [-0.39, 0.29) is 49.3 Å². The summed E-state index contributed by atoms with van der Waals surface area (Å²) >= 11 is 0. The number of carbonyl (C=O) groups is 3. The second kappa shape index (κ2) is 8.89. The van der Waals surface area contributed by atoms with Crippen molar-refractivity contribution in [1.82, 2.24) is 10.2 Å². The molecule has 2 amide bonds. The van der Waals surface area contributed by atoms with E-state index < -0.39 is 12.1 Å². The number of nitrogens with one attached hydrogen (secondary N) is 1. The Kier molecular flexibility index (Phi) is 5.79. The average Bonchev–Trinajstić information content (AvgIpc) is 3.74. The van der Waals surface area contributed by atoms with Crippen LogP contribution in [0.15, 0.2) is 48.5 Å². The summed E-state index contributed by atoms with van der Waals surface area (Å²) < 4.78 is 5.56. The number of ether oxygens (including phenoxy) is 1. The molecule has 2 aromatic rings. The molecular weight excluding hydrogens is 420 g/mol. The Hall–Kier alpha value is -3.35. The largest absolute Gasteiger partial charge is 0.481 e. The summed E-state index contributed by atoms with van der Waals surface area (Å²) in [5.41, 5.74) is 4.70. The minimum atomic E-state index is -0.891. The highest BCUT2D eigenvalue weighted by atomic mass is 16.5. The van der Waals surface area contributed by atoms with Gasteiger partial charge in [0.15, 0.2) is 0 Å². The number of fused-ring (bicyclic) bond motifs is 3. The number of aliphatic carboxylic acids is 1. The molecule has 5 rings (SSSR count). The van der Waals surface area contributed by atoms with Crippen molar-refractivity contribution in [3.63, 3.8) is 0 Å². The predicted octanol–water partition coefficient (Wildman–Crippen LogP) is 3.63. The van der Waals surface area contributed by atoms with Crippen molar-refractivity contribution in [3.05, 3.63) is 59.7 Å². The van der Waals surface area contributed by atoms with Gasteiger partial charge < -0.3 is 20.1 Å². The lowest BCUT2D eigenvalue weighted by molar-refractivity contribution is -0.139. The SMILES string of the molecule is O=C(O)CCN(C(=O)C1CC1CNC(=O)OCC1c2ccccc2-c2ccccc21)C1CC1. The molecule has 2 fully saturated rings. The van der Waals surface area contributed by atoms with Gasteiger partial charge in [-0.05, 0) is 47.4 Å². The smallest absolute Gasteiger partial charge is 0.407 e. The summed E-state index contributed by atoms with van der Waals surface area (Å²) in [7, 11) is 0. The first-order valence-corrected chi connectivity index (χ1v) is 11.6. The predicted molar refractivity (Wildman–Crippen MR) is 122 cm³/mol. The summed E-state index contributed by atoms with van der Waals surface area (Å²) in [6, 6.07) is 16.6. The quantitative estimate of drug-likeness (QED) is 0.611. The fraction of sp³-hybridized carbons (Fsp3) is 0.423. The molecule has 0 aliphatic heterocycles. The third kappa shape index (κ3) is 4.58. The minimum Gasteiger partial charge on any atom is -0.481 e. The number of benzene rings is 2. The molecular formula is C26H28N2O5. The van der Waals surface area contributed by atoms with Crippen LogP contribution in [0.5, 0.6) is 0 Å². The van der Waals surface area contributed by atoms with Crippen molar-refractivity contribution < 1.29 is 24.2 Å². The van der Waals surface area contributed by atoms with Crippen molar-refractivity contribution in [2.45, 2.75) is 37.6 Å². The lowest BCUT2D eigenvalue weighted by Crippen LogP contribution is -2.37. The molecule has 2 saturated carbocycles. The molecule has 3 aliphatic rings. The Bertz CT molecular complexity index is 1030. The second-order valence-corrected chi connectivity index (χ2v) is 9.22. The zero-order valence-corrected chi connectivity index (χ0v) is 18.4. The molecule has 2 aromatic carbocycles. The standard InChI is InChI=1S/C26H28N2O5/c29-24(30)11-12-28(17-9-10-17)25(31)22-13-16(22)14-27-26(32)33-15-23-20-7-3-1-5-18(20)19-6-2-4-8-21(19)23/h1-8,16-17,22-23H,9-15H2,(H,27,32)(H,29,30). The molecule has 2 atom stereocenters. The van der Waals surface area contributed by atoms with Gasteiger partial charge in [0.05, 0.1) is 6.42 Å². The van der Waals surface area contributed by atoms with Crippen LogP contribution in [0.2, 0.25) is 0 Å². The van der Waals surface area contributed by atoms with Crippen molar-refractivity contribution in [3.8, 4) is 11.1 Å². The molecule has 2 N–H and O–H groups in total. The monoisotopic (exact) mass is 448 g/mol. The zero-order chi connectivity index (χ0) is 22.9. The Morgan fingerprint density at radius 2 is 1.64 bits per heavy atom. The highest BCUT2D eigenvalue weighted by Gasteiger charge is 2.47. The summed E-state index contributed by atoms with van der Waals surface area (Å²) in [6.07, 6.45) is 2.11. The van der Waals surface area contributed by atoms with Gasteiger partial charge in [0, 0.05) is 31.0 Å². The van der Waals surface area contributed by atoms with Gasteiger partial charge in [-0.1, -0.05) is 48.5 Å². The summed E-state index contributed by atoms with van der Waals surface area (Å²) in [4.78, 5) is 37.8. The maximum atomic E-state index is 12.8. The normalized spacial score (nSPS) is 20.5. The van der Waals surface area contributed by atoms with Crippen LogP contribution in [-0.2, 0) is 14.3 Å². The molecule has 0 bridgehead atoms.